The van der Waals surface area contributed by atoms with Crippen LogP contribution in [0.1, 0.15) is 5.56 Å². The third-order valence-corrected chi connectivity index (χ3v) is 3.66. The van der Waals surface area contributed by atoms with Crippen LogP contribution in [0.3, 0.4) is 0 Å². The van der Waals surface area contributed by atoms with Gasteiger partial charge in [0.15, 0.2) is 0 Å². The van der Waals surface area contributed by atoms with Gasteiger partial charge in [-0.05, 0) is 40.4 Å². The van der Waals surface area contributed by atoms with Crippen LogP contribution in [0.15, 0.2) is 52.8 Å². The molecule has 0 saturated carbocycles. The van der Waals surface area contributed by atoms with E-state index >= 15 is 0 Å². The molecule has 0 amide bonds. The van der Waals surface area contributed by atoms with Crippen LogP contribution in [-0.4, -0.2) is 25.2 Å². The summed E-state index contributed by atoms with van der Waals surface area (Å²) >= 11 is 1.21. The fraction of sp³-hybridized carbons (Fsp3) is 0. The number of nitrogens with two attached hydrogens (primary N) is 1. The molecule has 1 aromatic carbocycles. The number of nitrogens with zero attached hydrogens (tertiary/aromatic N) is 6. The van der Waals surface area contributed by atoms with E-state index < -0.39 is 0 Å². The van der Waals surface area contributed by atoms with E-state index in [9.17, 15) is 0 Å². The molecule has 0 aliphatic rings. The van der Waals surface area contributed by atoms with Crippen LogP contribution in [0, 0.1) is 11.3 Å². The number of nitriles is 1. The molecule has 0 bridgehead atoms. The lowest BCUT2D eigenvalue weighted by Gasteiger charge is -2.06. The summed E-state index contributed by atoms with van der Waals surface area (Å²) in [4.78, 5) is 4.17. The van der Waals surface area contributed by atoms with Gasteiger partial charge in [0.05, 0.1) is 16.9 Å². The molecule has 102 valence electrons. The molecule has 2 N–H and O–H groups in total. The zero-order valence-corrected chi connectivity index (χ0v) is 11.5. The van der Waals surface area contributed by atoms with Crippen molar-refractivity contribution in [2.75, 3.05) is 5.73 Å². The number of nitrogen functional groups attached to an aromatic ring is 1. The van der Waals surface area contributed by atoms with E-state index in [2.05, 4.69) is 20.5 Å². The van der Waals surface area contributed by atoms with Crippen molar-refractivity contribution in [3.05, 3.63) is 48.2 Å². The molecule has 0 aliphatic carbocycles. The summed E-state index contributed by atoms with van der Waals surface area (Å²) < 4.78 is 1.59. The number of aromatic nitrogens is 5. The highest BCUT2D eigenvalue weighted by atomic mass is 32.2. The molecule has 8 heteroatoms. The fourth-order valence-electron chi connectivity index (χ4n) is 1.69. The van der Waals surface area contributed by atoms with Gasteiger partial charge in [-0.1, -0.05) is 18.2 Å². The Morgan fingerprint density at radius 2 is 2.00 bits per heavy atom. The van der Waals surface area contributed by atoms with Crippen LogP contribution in [0.2, 0.25) is 0 Å². The molecule has 0 radical (unpaired) electrons. The van der Waals surface area contributed by atoms with Crippen molar-refractivity contribution in [2.45, 2.75) is 10.2 Å². The van der Waals surface area contributed by atoms with Gasteiger partial charge in [-0.25, -0.2) is 4.98 Å². The van der Waals surface area contributed by atoms with Gasteiger partial charge in [0.1, 0.15) is 11.1 Å². The molecule has 0 spiro atoms. The Morgan fingerprint density at radius 3 is 2.76 bits per heavy atom. The molecule has 0 saturated heterocycles. The maximum absolute atomic E-state index is 8.99. The normalized spacial score (nSPS) is 10.2. The fourth-order valence-corrected chi connectivity index (χ4v) is 2.51. The Labute approximate surface area is 124 Å². The number of para-hydroxylation sites is 1. The third-order valence-electron chi connectivity index (χ3n) is 2.70. The van der Waals surface area contributed by atoms with Gasteiger partial charge in [0.2, 0.25) is 5.16 Å². The molecule has 0 unspecified atom stereocenters. The molecular weight excluding hydrogens is 286 g/mol. The van der Waals surface area contributed by atoms with Crippen LogP contribution in [0.5, 0.6) is 0 Å². The van der Waals surface area contributed by atoms with Gasteiger partial charge >= 0.3 is 0 Å². The van der Waals surface area contributed by atoms with Gasteiger partial charge in [0.25, 0.3) is 0 Å². The lowest BCUT2D eigenvalue weighted by molar-refractivity contribution is 0.756. The third kappa shape index (κ3) is 2.54. The molecule has 0 fully saturated rings. The second kappa shape index (κ2) is 5.60. The Bertz CT molecular complexity index is 807. The maximum atomic E-state index is 8.99. The molecule has 21 heavy (non-hydrogen) atoms. The summed E-state index contributed by atoms with van der Waals surface area (Å²) in [6.45, 7) is 0. The number of hydrogen-bond acceptors (Lipinski definition) is 7. The van der Waals surface area contributed by atoms with Crippen molar-refractivity contribution in [3.63, 3.8) is 0 Å². The summed E-state index contributed by atoms with van der Waals surface area (Å²) in [6, 6.07) is 13.1. The van der Waals surface area contributed by atoms with Crippen molar-refractivity contribution in [1.29, 1.82) is 5.26 Å². The number of anilines is 1. The van der Waals surface area contributed by atoms with Crippen molar-refractivity contribution < 1.29 is 0 Å². The quantitative estimate of drug-likeness (QED) is 0.783. The van der Waals surface area contributed by atoms with E-state index in [4.69, 9.17) is 11.0 Å². The maximum Gasteiger partial charge on any atom is 0.220 e. The van der Waals surface area contributed by atoms with Gasteiger partial charge in [-0.2, -0.15) is 9.94 Å². The summed E-state index contributed by atoms with van der Waals surface area (Å²) in [5.74, 6) is 0. The largest absolute Gasteiger partial charge is 0.395 e. The first-order valence-electron chi connectivity index (χ1n) is 5.96. The Hall–Kier alpha value is -2.92. The number of tetrazole rings is 1. The summed E-state index contributed by atoms with van der Waals surface area (Å²) in [7, 11) is 0. The zero-order chi connectivity index (χ0) is 14.7. The molecule has 2 heterocycles. The van der Waals surface area contributed by atoms with Crippen molar-refractivity contribution in [3.8, 4) is 11.8 Å². The second-order valence-corrected chi connectivity index (χ2v) is 4.96. The monoisotopic (exact) mass is 295 g/mol. The van der Waals surface area contributed by atoms with E-state index in [0.29, 0.717) is 21.4 Å². The standard InChI is InChI=1S/C13H9N7S/c14-8-9-6-7-16-12(11(9)15)21-13-17-18-19-20(13)10-4-2-1-3-5-10/h1-7H,15H2. The highest BCUT2D eigenvalue weighted by Gasteiger charge is 2.14. The first-order chi connectivity index (χ1) is 10.3. The highest BCUT2D eigenvalue weighted by Crippen LogP contribution is 2.30. The van der Waals surface area contributed by atoms with Gasteiger partial charge in [0, 0.05) is 6.20 Å². The molecule has 0 atom stereocenters. The van der Waals surface area contributed by atoms with Crippen molar-refractivity contribution in [2.24, 2.45) is 0 Å². The predicted molar refractivity (Wildman–Crippen MR) is 76.6 cm³/mol. The number of pyridine rings is 1. The number of rotatable bonds is 3. The molecular formula is C13H9N7S. The zero-order valence-electron chi connectivity index (χ0n) is 10.7. The predicted octanol–water partition coefficient (Wildman–Crippen LogP) is 1.66. The Balaban J connectivity index is 1.98. The van der Waals surface area contributed by atoms with Crippen LogP contribution in [0.25, 0.3) is 5.69 Å². The van der Waals surface area contributed by atoms with Gasteiger partial charge < -0.3 is 5.73 Å². The smallest absolute Gasteiger partial charge is 0.220 e. The first-order valence-corrected chi connectivity index (χ1v) is 6.77. The van der Waals surface area contributed by atoms with E-state index in [-0.39, 0.29) is 0 Å². The number of benzene rings is 1. The average molecular weight is 295 g/mol. The highest BCUT2D eigenvalue weighted by molar-refractivity contribution is 7.99. The van der Waals surface area contributed by atoms with Crippen LogP contribution < -0.4 is 5.73 Å². The van der Waals surface area contributed by atoms with Crippen LogP contribution in [-0.2, 0) is 0 Å². The molecule has 2 aromatic heterocycles. The summed E-state index contributed by atoms with van der Waals surface area (Å²) in [5.41, 5.74) is 7.46. The van der Waals surface area contributed by atoms with Crippen molar-refractivity contribution >= 4 is 17.4 Å². The average Bonchev–Trinajstić information content (AvgIpc) is 2.98. The molecule has 0 aliphatic heterocycles. The lowest BCUT2D eigenvalue weighted by Crippen LogP contribution is -2.00. The molecule has 7 nitrogen and oxygen atoms in total. The minimum atomic E-state index is 0.326. The van der Waals surface area contributed by atoms with Crippen LogP contribution >= 0.6 is 11.8 Å². The minimum Gasteiger partial charge on any atom is -0.395 e. The lowest BCUT2D eigenvalue weighted by atomic mass is 10.2. The first kappa shape index (κ1) is 13.1. The second-order valence-electron chi connectivity index (χ2n) is 4.00. The molecule has 3 rings (SSSR count). The SMILES string of the molecule is N#Cc1ccnc(Sc2nnnn2-c2ccccc2)c1N. The van der Waals surface area contributed by atoms with Gasteiger partial charge in [-0.15, -0.1) is 5.10 Å². The van der Waals surface area contributed by atoms with E-state index in [1.165, 1.54) is 18.0 Å². The Kier molecular flexibility index (Phi) is 3.49. The number of hydrogen-bond donors (Lipinski definition) is 1. The summed E-state index contributed by atoms with van der Waals surface area (Å²) in [6.07, 6.45) is 1.54. The van der Waals surface area contributed by atoms with E-state index in [1.54, 1.807) is 10.7 Å². The molecule has 3 aromatic rings. The minimum absolute atomic E-state index is 0.326. The summed E-state index contributed by atoms with van der Waals surface area (Å²) in [5, 5.41) is 21.6. The Morgan fingerprint density at radius 1 is 1.19 bits per heavy atom. The van der Waals surface area contributed by atoms with E-state index in [0.717, 1.165) is 5.69 Å². The topological polar surface area (TPSA) is 106 Å². The van der Waals surface area contributed by atoms with E-state index in [1.807, 2.05) is 36.4 Å². The van der Waals surface area contributed by atoms with Crippen LogP contribution in [0.4, 0.5) is 5.69 Å². The van der Waals surface area contributed by atoms with Crippen molar-refractivity contribution in [1.82, 2.24) is 25.2 Å². The van der Waals surface area contributed by atoms with Gasteiger partial charge in [-0.3, -0.25) is 0 Å².